The highest BCUT2D eigenvalue weighted by molar-refractivity contribution is 7.13. The van der Waals surface area contributed by atoms with E-state index >= 15 is 0 Å². The highest BCUT2D eigenvalue weighted by Gasteiger charge is 2.26. The SMILES string of the molecule is CC(=O)c1csc(N2CCC(N3CCCCC3)CC2)n1. The molecular weight excluding hydrogens is 270 g/mol. The molecule has 5 heteroatoms. The minimum absolute atomic E-state index is 0.0655. The number of aromatic nitrogens is 1. The molecule has 2 saturated heterocycles. The molecule has 0 bridgehead atoms. The molecule has 0 aliphatic carbocycles. The van der Waals surface area contributed by atoms with Crippen LogP contribution in [0.1, 0.15) is 49.5 Å². The molecule has 2 aliphatic rings. The van der Waals surface area contributed by atoms with Gasteiger partial charge in [-0.25, -0.2) is 4.98 Å². The van der Waals surface area contributed by atoms with Crippen molar-refractivity contribution in [3.05, 3.63) is 11.1 Å². The van der Waals surface area contributed by atoms with Gasteiger partial charge in [0.25, 0.3) is 0 Å². The Kier molecular flexibility index (Phi) is 4.36. The van der Waals surface area contributed by atoms with Gasteiger partial charge in [0.05, 0.1) is 0 Å². The van der Waals surface area contributed by atoms with Crippen molar-refractivity contribution in [2.75, 3.05) is 31.1 Å². The molecule has 0 saturated carbocycles. The molecular formula is C15H23N3OS. The fourth-order valence-corrected chi connectivity index (χ4v) is 4.20. The number of hydrogen-bond acceptors (Lipinski definition) is 5. The van der Waals surface area contributed by atoms with E-state index in [1.54, 1.807) is 18.3 Å². The summed E-state index contributed by atoms with van der Waals surface area (Å²) in [5.41, 5.74) is 0.614. The fourth-order valence-electron chi connectivity index (χ4n) is 3.28. The van der Waals surface area contributed by atoms with Gasteiger partial charge in [-0.15, -0.1) is 11.3 Å². The Balaban J connectivity index is 1.56. The van der Waals surface area contributed by atoms with E-state index < -0.39 is 0 Å². The third-order valence-corrected chi connectivity index (χ3v) is 5.40. The molecule has 0 radical (unpaired) electrons. The Morgan fingerprint density at radius 2 is 1.90 bits per heavy atom. The molecule has 20 heavy (non-hydrogen) atoms. The summed E-state index contributed by atoms with van der Waals surface area (Å²) in [6.07, 6.45) is 6.61. The Labute approximate surface area is 124 Å². The van der Waals surface area contributed by atoms with Gasteiger partial charge in [-0.1, -0.05) is 6.42 Å². The predicted octanol–water partition coefficient (Wildman–Crippen LogP) is 2.80. The first kappa shape index (κ1) is 14.0. The van der Waals surface area contributed by atoms with Crippen LogP contribution in [0.3, 0.4) is 0 Å². The van der Waals surface area contributed by atoms with Crippen LogP contribution in [-0.2, 0) is 0 Å². The first-order chi connectivity index (χ1) is 9.74. The van der Waals surface area contributed by atoms with Gasteiger partial charge < -0.3 is 9.80 Å². The number of ketones is 1. The van der Waals surface area contributed by atoms with Gasteiger partial charge in [0.1, 0.15) is 5.69 Å². The second-order valence-electron chi connectivity index (χ2n) is 5.89. The van der Waals surface area contributed by atoms with Crippen LogP contribution in [0.15, 0.2) is 5.38 Å². The van der Waals surface area contributed by atoms with Gasteiger partial charge in [-0.2, -0.15) is 0 Å². The van der Waals surface area contributed by atoms with Gasteiger partial charge in [-0.05, 0) is 38.8 Å². The normalized spacial score (nSPS) is 22.1. The van der Waals surface area contributed by atoms with Crippen LogP contribution in [0.4, 0.5) is 5.13 Å². The number of carbonyl (C=O) groups is 1. The first-order valence-electron chi connectivity index (χ1n) is 7.69. The van der Waals surface area contributed by atoms with Crippen molar-refractivity contribution in [3.63, 3.8) is 0 Å². The van der Waals surface area contributed by atoms with E-state index in [1.807, 2.05) is 5.38 Å². The number of Topliss-reactive ketones (excluding diaryl/α,β-unsaturated/α-hetero) is 1. The number of likely N-dealkylation sites (tertiary alicyclic amines) is 1. The van der Waals surface area contributed by atoms with E-state index in [4.69, 9.17) is 0 Å². The van der Waals surface area contributed by atoms with Gasteiger partial charge in [0.15, 0.2) is 10.9 Å². The fraction of sp³-hybridized carbons (Fsp3) is 0.733. The largest absolute Gasteiger partial charge is 0.348 e. The summed E-state index contributed by atoms with van der Waals surface area (Å²) < 4.78 is 0. The topological polar surface area (TPSA) is 36.4 Å². The highest BCUT2D eigenvalue weighted by atomic mass is 32.1. The van der Waals surface area contributed by atoms with Crippen molar-refractivity contribution >= 4 is 22.3 Å². The minimum Gasteiger partial charge on any atom is -0.348 e. The van der Waals surface area contributed by atoms with Crippen molar-refractivity contribution < 1.29 is 4.79 Å². The minimum atomic E-state index is 0.0655. The van der Waals surface area contributed by atoms with Crippen LogP contribution in [0.5, 0.6) is 0 Å². The molecule has 1 aromatic heterocycles. The van der Waals surface area contributed by atoms with Crippen LogP contribution >= 0.6 is 11.3 Å². The average Bonchev–Trinajstić information content (AvgIpc) is 2.98. The van der Waals surface area contributed by atoms with Crippen molar-refractivity contribution in [3.8, 4) is 0 Å². The Hall–Kier alpha value is -0.940. The number of anilines is 1. The molecule has 4 nitrogen and oxygen atoms in total. The second-order valence-corrected chi connectivity index (χ2v) is 6.72. The average molecular weight is 293 g/mol. The summed E-state index contributed by atoms with van der Waals surface area (Å²) in [6, 6.07) is 0.763. The zero-order chi connectivity index (χ0) is 13.9. The van der Waals surface area contributed by atoms with Gasteiger partial charge in [-0.3, -0.25) is 4.79 Å². The number of nitrogens with zero attached hydrogens (tertiary/aromatic N) is 3. The Morgan fingerprint density at radius 1 is 1.20 bits per heavy atom. The van der Waals surface area contributed by atoms with Crippen LogP contribution in [0, 0.1) is 0 Å². The summed E-state index contributed by atoms with van der Waals surface area (Å²) in [4.78, 5) is 20.8. The van der Waals surface area contributed by atoms with E-state index in [0.29, 0.717) is 5.69 Å². The van der Waals surface area contributed by atoms with E-state index in [2.05, 4.69) is 14.8 Å². The third kappa shape index (κ3) is 3.04. The summed E-state index contributed by atoms with van der Waals surface area (Å²) in [6.45, 7) is 6.31. The molecule has 110 valence electrons. The molecule has 0 amide bonds. The quantitative estimate of drug-likeness (QED) is 0.803. The summed E-state index contributed by atoms with van der Waals surface area (Å²) in [5, 5.41) is 2.90. The standard InChI is InChI=1S/C15H23N3OS/c1-12(19)14-11-20-15(16-14)18-9-5-13(6-10-18)17-7-3-2-4-8-17/h11,13H,2-10H2,1H3. The van der Waals surface area contributed by atoms with Crippen molar-refractivity contribution in [1.82, 2.24) is 9.88 Å². The van der Waals surface area contributed by atoms with Crippen LogP contribution in [0.2, 0.25) is 0 Å². The zero-order valence-electron chi connectivity index (χ0n) is 12.2. The number of hydrogen-bond donors (Lipinski definition) is 0. The first-order valence-corrected chi connectivity index (χ1v) is 8.57. The van der Waals surface area contributed by atoms with Crippen molar-refractivity contribution in [2.24, 2.45) is 0 Å². The number of carbonyl (C=O) groups excluding carboxylic acids is 1. The Bertz CT molecular complexity index is 459. The lowest BCUT2D eigenvalue weighted by Gasteiger charge is -2.40. The molecule has 2 aliphatic heterocycles. The van der Waals surface area contributed by atoms with E-state index in [-0.39, 0.29) is 5.78 Å². The lowest BCUT2D eigenvalue weighted by atomic mass is 10.0. The summed E-state index contributed by atoms with van der Waals surface area (Å²) in [7, 11) is 0. The molecule has 3 heterocycles. The summed E-state index contributed by atoms with van der Waals surface area (Å²) in [5.74, 6) is 0.0655. The molecule has 2 fully saturated rings. The molecule has 0 aromatic carbocycles. The monoisotopic (exact) mass is 293 g/mol. The maximum absolute atomic E-state index is 11.3. The van der Waals surface area contributed by atoms with Crippen LogP contribution in [-0.4, -0.2) is 47.9 Å². The number of thiazole rings is 1. The number of piperidine rings is 2. The lowest BCUT2D eigenvalue weighted by molar-refractivity contribution is 0.101. The third-order valence-electron chi connectivity index (χ3n) is 4.49. The summed E-state index contributed by atoms with van der Waals surface area (Å²) >= 11 is 1.60. The zero-order valence-corrected chi connectivity index (χ0v) is 13.0. The molecule has 0 spiro atoms. The molecule has 0 unspecified atom stereocenters. The maximum Gasteiger partial charge on any atom is 0.185 e. The molecule has 3 rings (SSSR count). The van der Waals surface area contributed by atoms with Crippen LogP contribution < -0.4 is 4.90 Å². The number of rotatable bonds is 3. The molecule has 0 N–H and O–H groups in total. The molecule has 1 aromatic rings. The van der Waals surface area contributed by atoms with Gasteiger partial charge >= 0.3 is 0 Å². The second kappa shape index (κ2) is 6.22. The van der Waals surface area contributed by atoms with Crippen LogP contribution in [0.25, 0.3) is 0 Å². The predicted molar refractivity (Wildman–Crippen MR) is 82.8 cm³/mol. The van der Waals surface area contributed by atoms with E-state index in [0.717, 1.165) is 24.3 Å². The lowest BCUT2D eigenvalue weighted by Crippen LogP contribution is -2.46. The maximum atomic E-state index is 11.3. The highest BCUT2D eigenvalue weighted by Crippen LogP contribution is 2.27. The molecule has 0 atom stereocenters. The van der Waals surface area contributed by atoms with Crippen molar-refractivity contribution in [2.45, 2.75) is 45.1 Å². The van der Waals surface area contributed by atoms with Gasteiger partial charge in [0.2, 0.25) is 0 Å². The van der Waals surface area contributed by atoms with Gasteiger partial charge in [0, 0.05) is 31.4 Å². The Morgan fingerprint density at radius 3 is 2.50 bits per heavy atom. The van der Waals surface area contributed by atoms with Crippen molar-refractivity contribution in [1.29, 1.82) is 0 Å². The van der Waals surface area contributed by atoms with E-state index in [1.165, 1.54) is 45.2 Å². The smallest absolute Gasteiger partial charge is 0.185 e. The van der Waals surface area contributed by atoms with E-state index in [9.17, 15) is 4.79 Å².